The van der Waals surface area contributed by atoms with Crippen LogP contribution in [-0.2, 0) is 0 Å². The van der Waals surface area contributed by atoms with Crippen molar-refractivity contribution in [1.29, 1.82) is 0 Å². The minimum absolute atomic E-state index is 0.185. The molecule has 4 rings (SSSR count). The zero-order valence-electron chi connectivity index (χ0n) is 16.7. The summed E-state index contributed by atoms with van der Waals surface area (Å²) in [5.74, 6) is -0.185. The lowest BCUT2D eigenvalue weighted by Gasteiger charge is -2.24. The first kappa shape index (κ1) is 18.9. The summed E-state index contributed by atoms with van der Waals surface area (Å²) in [4.78, 5) is 0. The Morgan fingerprint density at radius 1 is 1.21 bits per heavy atom. The molecule has 28 heavy (non-hydrogen) atoms. The molecular formula is C24H28FN3. The highest BCUT2D eigenvalue weighted by molar-refractivity contribution is 5.88. The van der Waals surface area contributed by atoms with Crippen molar-refractivity contribution in [3.63, 3.8) is 0 Å². The smallest absolute Gasteiger partial charge is 0.123 e. The fourth-order valence-electron chi connectivity index (χ4n) is 4.15. The quantitative estimate of drug-likeness (QED) is 0.623. The van der Waals surface area contributed by atoms with Gasteiger partial charge in [-0.05, 0) is 79.7 Å². The monoisotopic (exact) mass is 377 g/mol. The number of piperidine rings is 1. The fourth-order valence-corrected chi connectivity index (χ4v) is 4.15. The van der Waals surface area contributed by atoms with Crippen LogP contribution in [0.25, 0.3) is 16.5 Å². The van der Waals surface area contributed by atoms with Crippen molar-refractivity contribution in [3.05, 3.63) is 71.2 Å². The third kappa shape index (κ3) is 3.74. The molecule has 1 fully saturated rings. The van der Waals surface area contributed by atoms with Gasteiger partial charge in [0.15, 0.2) is 0 Å². The Bertz CT molecular complexity index is 996. The maximum atomic E-state index is 13.7. The van der Waals surface area contributed by atoms with Crippen LogP contribution in [0.2, 0.25) is 0 Å². The molecule has 0 unspecified atom stereocenters. The number of nitrogens with one attached hydrogen (secondary N) is 1. The van der Waals surface area contributed by atoms with Crippen LogP contribution < -0.4 is 5.32 Å². The van der Waals surface area contributed by atoms with Gasteiger partial charge >= 0.3 is 0 Å². The van der Waals surface area contributed by atoms with Crippen LogP contribution in [0.5, 0.6) is 0 Å². The molecule has 0 saturated carbocycles. The van der Waals surface area contributed by atoms with Crippen LogP contribution in [0.3, 0.4) is 0 Å². The van der Waals surface area contributed by atoms with Crippen molar-refractivity contribution in [2.75, 3.05) is 13.1 Å². The Labute approximate surface area is 166 Å². The second-order valence-electron chi connectivity index (χ2n) is 7.71. The lowest BCUT2D eigenvalue weighted by molar-refractivity contribution is 0.351. The number of allylic oxidation sites excluding steroid dienone is 1. The van der Waals surface area contributed by atoms with Crippen LogP contribution in [0, 0.1) is 12.7 Å². The Morgan fingerprint density at radius 2 is 2.04 bits per heavy atom. The molecule has 1 aliphatic rings. The molecule has 3 aromatic rings. The number of nitrogens with zero attached hydrogens (tertiary/aromatic N) is 2. The van der Waals surface area contributed by atoms with Crippen LogP contribution in [0.4, 0.5) is 4.39 Å². The second-order valence-corrected chi connectivity index (χ2v) is 7.71. The van der Waals surface area contributed by atoms with E-state index in [1.165, 1.54) is 22.0 Å². The molecular weight excluding hydrogens is 349 g/mol. The van der Waals surface area contributed by atoms with Gasteiger partial charge < -0.3 is 5.32 Å². The lowest BCUT2D eigenvalue weighted by atomic mass is 9.92. The summed E-state index contributed by atoms with van der Waals surface area (Å²) in [5.41, 5.74) is 5.61. The first-order valence-electron chi connectivity index (χ1n) is 10.3. The normalized spacial score (nSPS) is 16.0. The van der Waals surface area contributed by atoms with Crippen LogP contribution >= 0.6 is 0 Å². The molecule has 4 heteroatoms. The highest BCUT2D eigenvalue weighted by atomic mass is 19.1. The number of unbranched alkanes of at least 4 members (excludes halogenated alkanes) is 1. The Hall–Kier alpha value is -2.46. The van der Waals surface area contributed by atoms with Crippen LogP contribution in [0.15, 0.2) is 48.7 Å². The van der Waals surface area contributed by atoms with Crippen LogP contribution in [-0.4, -0.2) is 22.9 Å². The molecule has 0 atom stereocenters. The minimum Gasteiger partial charge on any atom is -0.317 e. The van der Waals surface area contributed by atoms with Gasteiger partial charge in [-0.2, -0.15) is 5.10 Å². The van der Waals surface area contributed by atoms with Gasteiger partial charge in [-0.3, -0.25) is 4.68 Å². The van der Waals surface area contributed by atoms with E-state index in [1.54, 1.807) is 12.1 Å². The molecule has 1 aromatic heterocycles. The minimum atomic E-state index is -0.185. The number of rotatable bonds is 5. The van der Waals surface area contributed by atoms with E-state index in [4.69, 9.17) is 5.10 Å². The number of halogens is 1. The summed E-state index contributed by atoms with van der Waals surface area (Å²) in [7, 11) is 0. The van der Waals surface area contributed by atoms with Gasteiger partial charge in [-0.15, -0.1) is 0 Å². The van der Waals surface area contributed by atoms with Gasteiger partial charge in [0.2, 0.25) is 0 Å². The fraction of sp³-hybridized carbons (Fsp3) is 0.375. The highest BCUT2D eigenvalue weighted by Crippen LogP contribution is 2.31. The zero-order chi connectivity index (χ0) is 19.5. The number of hydrogen-bond donors (Lipinski definition) is 1. The van der Waals surface area contributed by atoms with Gasteiger partial charge in [0, 0.05) is 5.39 Å². The topological polar surface area (TPSA) is 29.9 Å². The maximum Gasteiger partial charge on any atom is 0.123 e. The van der Waals surface area contributed by atoms with Crippen molar-refractivity contribution < 1.29 is 4.39 Å². The summed E-state index contributed by atoms with van der Waals surface area (Å²) in [6.07, 6.45) is 8.55. The average Bonchev–Trinajstić information content (AvgIpc) is 3.13. The van der Waals surface area contributed by atoms with Gasteiger partial charge in [0.25, 0.3) is 0 Å². The van der Waals surface area contributed by atoms with Crippen molar-refractivity contribution in [3.8, 4) is 0 Å². The summed E-state index contributed by atoms with van der Waals surface area (Å²) < 4.78 is 15.9. The first-order chi connectivity index (χ1) is 13.7. The standard InChI is InChI=1S/C24H28FN3/c1-3-4-5-23(22-9-8-20(25)14-17(22)2)18-6-7-19-16-27-28(24(19)15-18)21-10-12-26-13-11-21/h5-9,14-16,21,26H,3-4,10-13H2,1-2H3/b23-5-. The summed E-state index contributed by atoms with van der Waals surface area (Å²) in [6, 6.07) is 12.1. The van der Waals surface area contributed by atoms with Gasteiger partial charge in [-0.25, -0.2) is 4.39 Å². The largest absolute Gasteiger partial charge is 0.317 e. The van der Waals surface area contributed by atoms with E-state index in [1.807, 2.05) is 19.2 Å². The molecule has 1 saturated heterocycles. The molecule has 1 aliphatic heterocycles. The van der Waals surface area contributed by atoms with E-state index in [0.717, 1.165) is 49.9 Å². The molecule has 3 nitrogen and oxygen atoms in total. The Balaban J connectivity index is 1.80. The third-order valence-corrected chi connectivity index (χ3v) is 5.68. The number of benzene rings is 2. The predicted octanol–water partition coefficient (Wildman–Crippen LogP) is 5.64. The van der Waals surface area contributed by atoms with E-state index in [9.17, 15) is 4.39 Å². The van der Waals surface area contributed by atoms with E-state index >= 15 is 0 Å². The molecule has 0 radical (unpaired) electrons. The SMILES string of the molecule is CCC/C=C(/c1ccc2cnn(C3CCNCC3)c2c1)c1ccc(F)cc1C. The molecule has 0 bridgehead atoms. The van der Waals surface area contributed by atoms with Gasteiger partial charge in [0.1, 0.15) is 5.82 Å². The number of hydrogen-bond acceptors (Lipinski definition) is 2. The predicted molar refractivity (Wildman–Crippen MR) is 114 cm³/mol. The summed E-state index contributed by atoms with van der Waals surface area (Å²) in [6.45, 7) is 6.25. The molecule has 2 heterocycles. The maximum absolute atomic E-state index is 13.7. The Kier molecular flexibility index (Phi) is 5.58. The summed E-state index contributed by atoms with van der Waals surface area (Å²) in [5, 5.41) is 9.31. The van der Waals surface area contributed by atoms with E-state index in [-0.39, 0.29) is 5.82 Å². The molecule has 2 aromatic carbocycles. The first-order valence-corrected chi connectivity index (χ1v) is 10.3. The second kappa shape index (κ2) is 8.27. The lowest BCUT2D eigenvalue weighted by Crippen LogP contribution is -2.29. The molecule has 0 aliphatic carbocycles. The van der Waals surface area contributed by atoms with E-state index < -0.39 is 0 Å². The van der Waals surface area contributed by atoms with Crippen molar-refractivity contribution in [2.24, 2.45) is 0 Å². The number of aryl methyl sites for hydroxylation is 1. The zero-order valence-corrected chi connectivity index (χ0v) is 16.7. The van der Waals surface area contributed by atoms with Crippen molar-refractivity contribution in [2.45, 2.75) is 45.6 Å². The highest BCUT2D eigenvalue weighted by Gasteiger charge is 2.18. The van der Waals surface area contributed by atoms with Gasteiger partial charge in [0.05, 0.1) is 17.8 Å². The average molecular weight is 378 g/mol. The Morgan fingerprint density at radius 3 is 2.79 bits per heavy atom. The molecule has 0 spiro atoms. The number of aromatic nitrogens is 2. The van der Waals surface area contributed by atoms with Crippen LogP contribution in [0.1, 0.15) is 55.3 Å². The van der Waals surface area contributed by atoms with Crippen molar-refractivity contribution in [1.82, 2.24) is 15.1 Å². The molecule has 1 N–H and O–H groups in total. The summed E-state index contributed by atoms with van der Waals surface area (Å²) >= 11 is 0. The molecule has 0 amide bonds. The molecule has 146 valence electrons. The van der Waals surface area contributed by atoms with Crippen molar-refractivity contribution >= 4 is 16.5 Å². The third-order valence-electron chi connectivity index (χ3n) is 5.68. The number of fused-ring (bicyclic) bond motifs is 1. The van der Waals surface area contributed by atoms with E-state index in [0.29, 0.717) is 6.04 Å². The van der Waals surface area contributed by atoms with Gasteiger partial charge in [-0.1, -0.05) is 37.6 Å². The van der Waals surface area contributed by atoms with E-state index in [2.05, 4.69) is 41.2 Å².